The lowest BCUT2D eigenvalue weighted by molar-refractivity contribution is -0.142. The van der Waals surface area contributed by atoms with Gasteiger partial charge in [0.25, 0.3) is 0 Å². The second-order valence-corrected chi connectivity index (χ2v) is 4.45. The van der Waals surface area contributed by atoms with E-state index in [0.717, 1.165) is 0 Å². The van der Waals surface area contributed by atoms with Crippen LogP contribution in [0, 0.1) is 5.92 Å². The summed E-state index contributed by atoms with van der Waals surface area (Å²) < 4.78 is 0. The van der Waals surface area contributed by atoms with Gasteiger partial charge >= 0.3 is 5.97 Å². The van der Waals surface area contributed by atoms with Gasteiger partial charge in [0.1, 0.15) is 12.1 Å². The number of nitrogens with one attached hydrogen (secondary N) is 2. The van der Waals surface area contributed by atoms with Crippen molar-refractivity contribution in [3.63, 3.8) is 0 Å². The molecule has 0 saturated carbocycles. The van der Waals surface area contributed by atoms with E-state index in [1.165, 1.54) is 13.8 Å². The van der Waals surface area contributed by atoms with Gasteiger partial charge in [0.2, 0.25) is 11.8 Å². The number of rotatable bonds is 6. The van der Waals surface area contributed by atoms with Crippen LogP contribution in [0.4, 0.5) is 0 Å². The van der Waals surface area contributed by atoms with Gasteiger partial charge in [-0.1, -0.05) is 13.8 Å². The molecule has 0 rings (SSSR count). The van der Waals surface area contributed by atoms with Crippen LogP contribution in [0.25, 0.3) is 0 Å². The average molecular weight is 244 g/mol. The van der Waals surface area contributed by atoms with Crippen molar-refractivity contribution in [1.29, 1.82) is 0 Å². The van der Waals surface area contributed by atoms with Crippen LogP contribution in [0.1, 0.15) is 34.1 Å². The molecule has 0 heterocycles. The molecule has 0 saturated heterocycles. The summed E-state index contributed by atoms with van der Waals surface area (Å²) in [6.45, 7) is 6.55. The highest BCUT2D eigenvalue weighted by atomic mass is 16.4. The second-order valence-electron chi connectivity index (χ2n) is 4.45. The molecule has 0 aromatic rings. The number of aliphatic carboxylic acids is 1. The highest BCUT2D eigenvalue weighted by Gasteiger charge is 2.23. The molecule has 0 fully saturated rings. The number of carbonyl (C=O) groups is 3. The second kappa shape index (κ2) is 6.88. The quantitative estimate of drug-likeness (QED) is 0.618. The Morgan fingerprint density at radius 1 is 1.12 bits per heavy atom. The molecule has 0 aromatic carbocycles. The number of carbonyl (C=O) groups excluding carboxylic acids is 2. The van der Waals surface area contributed by atoms with Gasteiger partial charge in [-0.05, 0) is 19.3 Å². The third-order valence-electron chi connectivity index (χ3n) is 2.13. The van der Waals surface area contributed by atoms with Crippen LogP contribution in [0.2, 0.25) is 0 Å². The normalized spacial score (nSPS) is 13.9. The first-order valence-corrected chi connectivity index (χ1v) is 5.54. The Hall–Kier alpha value is -1.59. The van der Waals surface area contributed by atoms with Crippen LogP contribution in [-0.2, 0) is 14.4 Å². The summed E-state index contributed by atoms with van der Waals surface area (Å²) in [4.78, 5) is 33.2. The molecule has 98 valence electrons. The van der Waals surface area contributed by atoms with E-state index < -0.39 is 24.0 Å². The summed E-state index contributed by atoms with van der Waals surface area (Å²) in [5, 5.41) is 13.7. The predicted octanol–water partition coefficient (Wildman–Crippen LogP) is 0.127. The summed E-state index contributed by atoms with van der Waals surface area (Å²) in [6, 6.07) is -1.65. The van der Waals surface area contributed by atoms with Crippen molar-refractivity contribution in [2.45, 2.75) is 46.2 Å². The third-order valence-corrected chi connectivity index (χ3v) is 2.13. The van der Waals surface area contributed by atoms with E-state index in [-0.39, 0.29) is 11.8 Å². The smallest absolute Gasteiger partial charge is 0.326 e. The molecule has 0 aliphatic carbocycles. The minimum Gasteiger partial charge on any atom is -0.480 e. The minimum absolute atomic E-state index is 0.160. The van der Waals surface area contributed by atoms with E-state index in [1.54, 1.807) is 0 Å². The van der Waals surface area contributed by atoms with Crippen molar-refractivity contribution >= 4 is 17.8 Å². The summed E-state index contributed by atoms with van der Waals surface area (Å²) in [7, 11) is 0. The molecule has 2 atom stereocenters. The monoisotopic (exact) mass is 244 g/mol. The Kier molecular flexibility index (Phi) is 6.23. The van der Waals surface area contributed by atoms with E-state index in [0.29, 0.717) is 6.42 Å². The van der Waals surface area contributed by atoms with Crippen LogP contribution in [0.3, 0.4) is 0 Å². The van der Waals surface area contributed by atoms with Crippen LogP contribution in [0.5, 0.6) is 0 Å². The van der Waals surface area contributed by atoms with Gasteiger partial charge < -0.3 is 15.7 Å². The van der Waals surface area contributed by atoms with E-state index in [4.69, 9.17) is 5.11 Å². The molecule has 3 N–H and O–H groups in total. The Balaban J connectivity index is 4.39. The Morgan fingerprint density at radius 3 is 2.00 bits per heavy atom. The molecule has 0 aliphatic heterocycles. The van der Waals surface area contributed by atoms with Gasteiger partial charge in [-0.25, -0.2) is 4.79 Å². The lowest BCUT2D eigenvalue weighted by Gasteiger charge is -2.19. The van der Waals surface area contributed by atoms with Crippen molar-refractivity contribution < 1.29 is 19.5 Å². The molecule has 17 heavy (non-hydrogen) atoms. The molecular formula is C11H20N2O4. The molecule has 0 unspecified atom stereocenters. The Labute approximate surface area is 101 Å². The van der Waals surface area contributed by atoms with Crippen molar-refractivity contribution in [3.8, 4) is 0 Å². The van der Waals surface area contributed by atoms with Gasteiger partial charge in [-0.3, -0.25) is 9.59 Å². The van der Waals surface area contributed by atoms with Gasteiger partial charge in [-0.15, -0.1) is 0 Å². The van der Waals surface area contributed by atoms with Crippen LogP contribution in [-0.4, -0.2) is 35.0 Å². The largest absolute Gasteiger partial charge is 0.480 e. The number of hydrogen-bond donors (Lipinski definition) is 3. The molecule has 2 amide bonds. The molecule has 6 nitrogen and oxygen atoms in total. The van der Waals surface area contributed by atoms with Crippen LogP contribution >= 0.6 is 0 Å². The van der Waals surface area contributed by atoms with Crippen molar-refractivity contribution in [2.24, 2.45) is 5.92 Å². The maximum Gasteiger partial charge on any atom is 0.326 e. The zero-order valence-electron chi connectivity index (χ0n) is 10.6. The molecular weight excluding hydrogens is 224 g/mol. The molecule has 6 heteroatoms. The third kappa shape index (κ3) is 6.55. The van der Waals surface area contributed by atoms with Crippen molar-refractivity contribution in [2.75, 3.05) is 0 Å². The fraction of sp³-hybridized carbons (Fsp3) is 0.727. The van der Waals surface area contributed by atoms with E-state index in [1.807, 2.05) is 13.8 Å². The average Bonchev–Trinajstić information content (AvgIpc) is 2.14. The van der Waals surface area contributed by atoms with Gasteiger partial charge in [0, 0.05) is 6.92 Å². The standard InChI is InChI=1S/C11H20N2O4/c1-6(2)5-9(11(16)17)13-10(15)7(3)12-8(4)14/h6-7,9H,5H2,1-4H3,(H,12,14)(H,13,15)(H,16,17)/t7-,9+/m1/s1. The van der Waals surface area contributed by atoms with Crippen LogP contribution < -0.4 is 10.6 Å². The lowest BCUT2D eigenvalue weighted by Crippen LogP contribution is -2.50. The number of carboxylic acid groups (broad SMARTS) is 1. The highest BCUT2D eigenvalue weighted by molar-refractivity contribution is 5.89. The Bertz CT molecular complexity index is 302. The highest BCUT2D eigenvalue weighted by Crippen LogP contribution is 2.05. The molecule has 0 bridgehead atoms. The molecule has 0 aromatic heterocycles. The SMILES string of the molecule is CC(=O)N[C@H](C)C(=O)N[C@@H](CC(C)C)C(=O)O. The lowest BCUT2D eigenvalue weighted by atomic mass is 10.0. The maximum absolute atomic E-state index is 11.6. The van der Waals surface area contributed by atoms with Gasteiger partial charge in [0.05, 0.1) is 0 Å². The van der Waals surface area contributed by atoms with E-state index >= 15 is 0 Å². The topological polar surface area (TPSA) is 95.5 Å². The number of amides is 2. The number of hydrogen-bond acceptors (Lipinski definition) is 3. The fourth-order valence-electron chi connectivity index (χ4n) is 1.36. The summed E-state index contributed by atoms with van der Waals surface area (Å²) in [5.74, 6) is -1.73. The zero-order valence-corrected chi connectivity index (χ0v) is 10.6. The summed E-state index contributed by atoms with van der Waals surface area (Å²) >= 11 is 0. The first-order valence-electron chi connectivity index (χ1n) is 5.54. The van der Waals surface area contributed by atoms with Crippen molar-refractivity contribution in [3.05, 3.63) is 0 Å². The van der Waals surface area contributed by atoms with Gasteiger partial charge in [-0.2, -0.15) is 0 Å². The van der Waals surface area contributed by atoms with Gasteiger partial charge in [0.15, 0.2) is 0 Å². The minimum atomic E-state index is -1.07. The zero-order chi connectivity index (χ0) is 13.6. The summed E-state index contributed by atoms with van der Waals surface area (Å²) in [6.07, 6.45) is 0.355. The molecule has 0 spiro atoms. The van der Waals surface area contributed by atoms with Crippen molar-refractivity contribution in [1.82, 2.24) is 10.6 Å². The Morgan fingerprint density at radius 2 is 1.65 bits per heavy atom. The van der Waals surface area contributed by atoms with Crippen LogP contribution in [0.15, 0.2) is 0 Å². The van der Waals surface area contributed by atoms with E-state index in [9.17, 15) is 14.4 Å². The first-order chi connectivity index (χ1) is 7.73. The molecule has 0 aliphatic rings. The summed E-state index contributed by atoms with van der Waals surface area (Å²) in [5.41, 5.74) is 0. The first kappa shape index (κ1) is 15.4. The molecule has 0 radical (unpaired) electrons. The maximum atomic E-state index is 11.6. The number of carboxylic acids is 1. The van der Waals surface area contributed by atoms with E-state index in [2.05, 4.69) is 10.6 Å². The fourth-order valence-corrected chi connectivity index (χ4v) is 1.36. The predicted molar refractivity (Wildman–Crippen MR) is 62.3 cm³/mol.